The molecule has 3 rings (SSSR count). The van der Waals surface area contributed by atoms with Crippen LogP contribution in [-0.4, -0.2) is 39.6 Å². The number of halogens is 2. The molecule has 0 bridgehead atoms. The summed E-state index contributed by atoms with van der Waals surface area (Å²) in [6.45, 7) is 5.93. The summed E-state index contributed by atoms with van der Waals surface area (Å²) >= 11 is 5.32. The van der Waals surface area contributed by atoms with Crippen LogP contribution in [0.2, 0.25) is 0 Å². The van der Waals surface area contributed by atoms with Crippen LogP contribution in [0.1, 0.15) is 37.5 Å². The average molecular weight is 565 g/mol. The van der Waals surface area contributed by atoms with Gasteiger partial charge < -0.3 is 10.6 Å². The lowest BCUT2D eigenvalue weighted by Crippen LogP contribution is -2.43. The first-order chi connectivity index (χ1) is 12.5. The Morgan fingerprint density at radius 1 is 1.41 bits per heavy atom. The molecule has 0 aliphatic carbocycles. The molecule has 148 valence electrons. The fourth-order valence-corrected chi connectivity index (χ4v) is 4.18. The highest BCUT2D eigenvalue weighted by molar-refractivity contribution is 14.0. The minimum Gasteiger partial charge on any atom is -0.355 e. The lowest BCUT2D eigenvalue weighted by molar-refractivity contribution is 0.398. The smallest absolute Gasteiger partial charge is 0.191 e. The van der Waals surface area contributed by atoms with Crippen molar-refractivity contribution in [3.63, 3.8) is 0 Å². The van der Waals surface area contributed by atoms with Gasteiger partial charge in [0.2, 0.25) is 0 Å². The molecular weight excluding hydrogens is 539 g/mol. The first-order valence-corrected chi connectivity index (χ1v) is 10.5. The van der Waals surface area contributed by atoms with Gasteiger partial charge in [-0.2, -0.15) is 5.10 Å². The summed E-state index contributed by atoms with van der Waals surface area (Å²) < 4.78 is 3.11. The standard InChI is InChI=1S/C18H25BrN6S.HI/c1-12(26-15-8-6-14(19)7-9-15)11-21-18(20-3)23-16-5-4-10-25-17(16)22-13(2)24-25;/h6-9,12,16H,4-5,10-11H2,1-3H3,(H2,20,21,23);1H. The van der Waals surface area contributed by atoms with Crippen molar-refractivity contribution in [1.82, 2.24) is 25.4 Å². The minimum atomic E-state index is 0. The Bertz CT molecular complexity index is 764. The first-order valence-electron chi connectivity index (χ1n) is 8.86. The van der Waals surface area contributed by atoms with Crippen LogP contribution in [0.4, 0.5) is 0 Å². The maximum Gasteiger partial charge on any atom is 0.191 e. The third kappa shape index (κ3) is 6.35. The fourth-order valence-electron chi connectivity index (χ4n) is 2.99. The number of hydrogen-bond donors (Lipinski definition) is 2. The monoisotopic (exact) mass is 564 g/mol. The van der Waals surface area contributed by atoms with E-state index in [4.69, 9.17) is 0 Å². The quantitative estimate of drug-likeness (QED) is 0.247. The summed E-state index contributed by atoms with van der Waals surface area (Å²) in [4.78, 5) is 10.2. The van der Waals surface area contributed by atoms with Crippen molar-refractivity contribution in [2.45, 2.75) is 49.4 Å². The fraction of sp³-hybridized carbons (Fsp3) is 0.500. The van der Waals surface area contributed by atoms with Gasteiger partial charge in [0, 0.05) is 34.8 Å². The van der Waals surface area contributed by atoms with Crippen molar-refractivity contribution in [3.05, 3.63) is 40.4 Å². The second-order valence-corrected chi connectivity index (χ2v) is 8.84. The molecule has 0 radical (unpaired) electrons. The van der Waals surface area contributed by atoms with E-state index in [1.165, 1.54) is 4.90 Å². The summed E-state index contributed by atoms with van der Waals surface area (Å²) in [5, 5.41) is 11.8. The number of aliphatic imine (C=N–C) groups is 1. The molecule has 2 atom stereocenters. The van der Waals surface area contributed by atoms with E-state index in [9.17, 15) is 0 Å². The van der Waals surface area contributed by atoms with Crippen molar-refractivity contribution in [2.24, 2.45) is 4.99 Å². The predicted molar refractivity (Wildman–Crippen MR) is 126 cm³/mol. The number of nitrogens with zero attached hydrogens (tertiary/aromatic N) is 4. The molecule has 1 aromatic carbocycles. The van der Waals surface area contributed by atoms with E-state index in [1.54, 1.807) is 7.05 Å². The zero-order valence-electron chi connectivity index (χ0n) is 15.8. The number of thioether (sulfide) groups is 1. The number of benzene rings is 1. The second-order valence-electron chi connectivity index (χ2n) is 6.42. The highest BCUT2D eigenvalue weighted by Gasteiger charge is 2.24. The molecule has 1 aliphatic heterocycles. The van der Waals surface area contributed by atoms with E-state index < -0.39 is 0 Å². The van der Waals surface area contributed by atoms with Gasteiger partial charge in [-0.25, -0.2) is 9.67 Å². The van der Waals surface area contributed by atoms with Gasteiger partial charge in [-0.15, -0.1) is 35.7 Å². The molecule has 2 heterocycles. The molecule has 6 nitrogen and oxygen atoms in total. The van der Waals surface area contributed by atoms with Crippen LogP contribution in [0.15, 0.2) is 38.6 Å². The normalized spacial score (nSPS) is 17.6. The van der Waals surface area contributed by atoms with E-state index >= 15 is 0 Å². The van der Waals surface area contributed by atoms with E-state index in [0.717, 1.165) is 48.0 Å². The molecule has 1 aromatic heterocycles. The SMILES string of the molecule is CN=C(NCC(C)Sc1ccc(Br)cc1)NC1CCCn2nc(C)nc21.I. The number of hydrogen-bond acceptors (Lipinski definition) is 4. The van der Waals surface area contributed by atoms with Crippen LogP contribution in [0.5, 0.6) is 0 Å². The summed E-state index contributed by atoms with van der Waals surface area (Å²) in [5.74, 6) is 2.65. The average Bonchev–Trinajstić information content (AvgIpc) is 3.01. The molecule has 27 heavy (non-hydrogen) atoms. The summed E-state index contributed by atoms with van der Waals surface area (Å²) in [5.41, 5.74) is 0. The molecule has 0 fully saturated rings. The third-order valence-electron chi connectivity index (χ3n) is 4.22. The molecule has 2 aromatic rings. The van der Waals surface area contributed by atoms with Crippen LogP contribution >= 0.6 is 51.7 Å². The molecule has 9 heteroatoms. The van der Waals surface area contributed by atoms with Gasteiger partial charge >= 0.3 is 0 Å². The number of fused-ring (bicyclic) bond motifs is 1. The Morgan fingerprint density at radius 2 is 2.15 bits per heavy atom. The van der Waals surface area contributed by atoms with Crippen LogP contribution in [0.25, 0.3) is 0 Å². The summed E-state index contributed by atoms with van der Waals surface area (Å²) in [6, 6.07) is 8.57. The predicted octanol–water partition coefficient (Wildman–Crippen LogP) is 4.15. The second kappa shape index (κ2) is 10.7. The number of aromatic nitrogens is 3. The van der Waals surface area contributed by atoms with Crippen molar-refractivity contribution in [2.75, 3.05) is 13.6 Å². The number of nitrogens with one attached hydrogen (secondary N) is 2. The van der Waals surface area contributed by atoms with E-state index in [2.05, 4.69) is 72.8 Å². The third-order valence-corrected chi connectivity index (χ3v) is 5.87. The van der Waals surface area contributed by atoms with E-state index in [-0.39, 0.29) is 30.0 Å². The topological polar surface area (TPSA) is 67.1 Å². The molecule has 0 saturated carbocycles. The Balaban J connectivity index is 0.00000261. The molecule has 0 spiro atoms. The Kier molecular flexibility index (Phi) is 8.87. The number of aryl methyl sites for hydroxylation is 2. The largest absolute Gasteiger partial charge is 0.355 e. The van der Waals surface area contributed by atoms with Gasteiger partial charge in [0.15, 0.2) is 5.96 Å². The Morgan fingerprint density at radius 3 is 2.85 bits per heavy atom. The van der Waals surface area contributed by atoms with Crippen LogP contribution in [0.3, 0.4) is 0 Å². The van der Waals surface area contributed by atoms with E-state index in [1.807, 2.05) is 23.4 Å². The first kappa shape index (κ1) is 22.5. The highest BCUT2D eigenvalue weighted by Crippen LogP contribution is 2.25. The van der Waals surface area contributed by atoms with E-state index in [0.29, 0.717) is 5.25 Å². The van der Waals surface area contributed by atoms with Crippen molar-refractivity contribution >= 4 is 57.6 Å². The molecule has 2 N–H and O–H groups in total. The molecular formula is C18H26BrIN6S. The maximum atomic E-state index is 4.58. The Hall–Kier alpha value is -0.810. The van der Waals surface area contributed by atoms with Crippen molar-refractivity contribution in [1.29, 1.82) is 0 Å². The van der Waals surface area contributed by atoms with Crippen LogP contribution in [-0.2, 0) is 6.54 Å². The van der Waals surface area contributed by atoms with Crippen LogP contribution < -0.4 is 10.6 Å². The molecule has 2 unspecified atom stereocenters. The maximum absolute atomic E-state index is 4.58. The van der Waals surface area contributed by atoms with Gasteiger partial charge in [0.05, 0.1) is 6.04 Å². The number of guanidine groups is 1. The molecule has 1 aliphatic rings. The zero-order valence-corrected chi connectivity index (χ0v) is 20.5. The molecule has 0 amide bonds. The van der Waals surface area contributed by atoms with Gasteiger partial charge in [0.25, 0.3) is 0 Å². The van der Waals surface area contributed by atoms with Gasteiger partial charge in [-0.3, -0.25) is 4.99 Å². The zero-order chi connectivity index (χ0) is 18.5. The summed E-state index contributed by atoms with van der Waals surface area (Å²) in [6.07, 6.45) is 2.14. The Labute approximate surface area is 190 Å². The van der Waals surface area contributed by atoms with Gasteiger partial charge in [0.1, 0.15) is 11.6 Å². The van der Waals surface area contributed by atoms with Crippen molar-refractivity contribution < 1.29 is 0 Å². The van der Waals surface area contributed by atoms with Gasteiger partial charge in [-0.1, -0.05) is 22.9 Å². The lowest BCUT2D eigenvalue weighted by Gasteiger charge is -2.25. The van der Waals surface area contributed by atoms with Crippen molar-refractivity contribution in [3.8, 4) is 0 Å². The molecule has 0 saturated heterocycles. The van der Waals surface area contributed by atoms with Gasteiger partial charge in [-0.05, 0) is 44.0 Å². The van der Waals surface area contributed by atoms with Crippen LogP contribution in [0, 0.1) is 6.92 Å². The minimum absolute atomic E-state index is 0. The lowest BCUT2D eigenvalue weighted by atomic mass is 10.1. The summed E-state index contributed by atoms with van der Waals surface area (Å²) in [7, 11) is 1.81. The number of rotatable bonds is 5. The highest BCUT2D eigenvalue weighted by atomic mass is 127.